The number of nitrogens with zero attached hydrogens (tertiary/aromatic N) is 1. The third-order valence-electron chi connectivity index (χ3n) is 12.7. The number of carbonyl (C=O) groups excluding carboxylic acids is 3. The van der Waals surface area contributed by atoms with Crippen molar-refractivity contribution in [1.29, 1.82) is 0 Å². The molecule has 1 fully saturated rings. The molecule has 0 aromatic rings. The van der Waals surface area contributed by atoms with Crippen LogP contribution in [-0.4, -0.2) is 61.8 Å². The Hall–Kier alpha value is -1.63. The summed E-state index contributed by atoms with van der Waals surface area (Å²) in [5.74, 6) is 0.966. The highest BCUT2D eigenvalue weighted by Gasteiger charge is 2.18. The lowest BCUT2D eigenvalue weighted by molar-refractivity contribution is -0.150. The van der Waals surface area contributed by atoms with Crippen LogP contribution in [0.25, 0.3) is 0 Å². The Balaban J connectivity index is 2.30. The topological polar surface area (TPSA) is 82.1 Å². The first-order valence-corrected chi connectivity index (χ1v) is 26.1. The third kappa shape index (κ3) is 35.6. The molecule has 1 aliphatic heterocycles. The normalized spacial score (nSPS) is 13.3. The van der Waals surface area contributed by atoms with Gasteiger partial charge in [-0.25, -0.2) is 0 Å². The van der Waals surface area contributed by atoms with Crippen molar-refractivity contribution in [3.05, 3.63) is 0 Å². The Kier molecular flexibility index (Phi) is 39.2. The minimum absolute atomic E-state index is 0.00236. The molecule has 0 aromatic carbocycles. The van der Waals surface area contributed by atoms with Crippen molar-refractivity contribution in [3.8, 4) is 0 Å². The van der Waals surface area contributed by atoms with Crippen molar-refractivity contribution in [3.63, 3.8) is 0 Å². The van der Waals surface area contributed by atoms with Crippen molar-refractivity contribution in [2.75, 3.05) is 32.8 Å². The van der Waals surface area contributed by atoms with E-state index < -0.39 is 0 Å². The summed E-state index contributed by atoms with van der Waals surface area (Å²) in [7, 11) is 0. The number of hydrogen-bond acceptors (Lipinski definition) is 7. The van der Waals surface area contributed by atoms with E-state index in [2.05, 4.69) is 32.6 Å². The summed E-state index contributed by atoms with van der Waals surface area (Å²) < 4.78 is 17.4. The van der Waals surface area contributed by atoms with Crippen LogP contribution in [0, 0.1) is 11.8 Å². The van der Waals surface area contributed by atoms with E-state index in [1.165, 1.54) is 116 Å². The number of rotatable bonds is 44. The zero-order valence-electron chi connectivity index (χ0n) is 39.8. The van der Waals surface area contributed by atoms with E-state index in [-0.39, 0.29) is 24.0 Å². The molecule has 0 saturated carbocycles. The molecule has 0 bridgehead atoms. The van der Waals surface area contributed by atoms with Gasteiger partial charge >= 0.3 is 17.9 Å². The van der Waals surface area contributed by atoms with Gasteiger partial charge in [0.2, 0.25) is 0 Å². The summed E-state index contributed by atoms with van der Waals surface area (Å²) in [5, 5.41) is 0. The van der Waals surface area contributed by atoms with Gasteiger partial charge in [-0.1, -0.05) is 156 Å². The fraction of sp³-hybridized carbons (Fsp3) is 0.942. The standard InChI is InChI=1S/C52H99NO6/c1-5-9-21-33-47(34-22-10-6-2)45-51(55)57-43-31-19-15-13-17-25-37-49(59-50(54)39-27-28-40-53-41-29-30-42-53)38-26-18-14-16-20-32-44-58-52(56)46-48(35-23-11-7-3)36-24-12-8-4/h47-49H,5-46H2,1-4H3. The number of hydrogen-bond donors (Lipinski definition) is 0. The maximum Gasteiger partial charge on any atom is 0.306 e. The Labute approximate surface area is 366 Å². The Bertz CT molecular complexity index is 875. The lowest BCUT2D eigenvalue weighted by Gasteiger charge is -2.19. The van der Waals surface area contributed by atoms with E-state index in [1.807, 2.05) is 0 Å². The van der Waals surface area contributed by atoms with Gasteiger partial charge in [0.1, 0.15) is 6.10 Å². The highest BCUT2D eigenvalue weighted by atomic mass is 16.5. The molecule has 0 spiro atoms. The smallest absolute Gasteiger partial charge is 0.306 e. The van der Waals surface area contributed by atoms with Gasteiger partial charge in [-0.3, -0.25) is 14.4 Å². The van der Waals surface area contributed by atoms with Crippen molar-refractivity contribution >= 4 is 17.9 Å². The lowest BCUT2D eigenvalue weighted by Crippen LogP contribution is -2.21. The minimum atomic E-state index is -0.0120. The molecule has 59 heavy (non-hydrogen) atoms. The van der Waals surface area contributed by atoms with Gasteiger partial charge in [-0.15, -0.1) is 0 Å². The maximum absolute atomic E-state index is 12.9. The van der Waals surface area contributed by atoms with E-state index in [0.29, 0.717) is 44.3 Å². The van der Waals surface area contributed by atoms with E-state index in [9.17, 15) is 14.4 Å². The summed E-state index contributed by atoms with van der Waals surface area (Å²) in [5.41, 5.74) is 0. The van der Waals surface area contributed by atoms with Gasteiger partial charge in [0, 0.05) is 19.3 Å². The van der Waals surface area contributed by atoms with Crippen molar-refractivity contribution in [2.45, 2.75) is 271 Å². The van der Waals surface area contributed by atoms with Crippen molar-refractivity contribution in [2.24, 2.45) is 11.8 Å². The summed E-state index contributed by atoms with van der Waals surface area (Å²) in [6.45, 7) is 13.6. The molecule has 1 rings (SSSR count). The van der Waals surface area contributed by atoms with Crippen molar-refractivity contribution in [1.82, 2.24) is 4.90 Å². The van der Waals surface area contributed by atoms with Crippen LogP contribution in [-0.2, 0) is 28.6 Å². The first kappa shape index (κ1) is 55.4. The predicted molar refractivity (Wildman–Crippen MR) is 249 cm³/mol. The van der Waals surface area contributed by atoms with Crippen LogP contribution < -0.4 is 0 Å². The number of ether oxygens (including phenoxy) is 3. The molecule has 1 saturated heterocycles. The van der Waals surface area contributed by atoms with Crippen LogP contribution in [0.5, 0.6) is 0 Å². The molecule has 0 atom stereocenters. The van der Waals surface area contributed by atoms with Crippen LogP contribution in [0.2, 0.25) is 0 Å². The first-order chi connectivity index (χ1) is 28.9. The molecule has 0 amide bonds. The molecule has 0 aliphatic carbocycles. The second kappa shape index (κ2) is 41.7. The monoisotopic (exact) mass is 834 g/mol. The molecule has 0 unspecified atom stereocenters. The maximum atomic E-state index is 12.9. The van der Waals surface area contributed by atoms with Crippen LogP contribution >= 0.6 is 0 Å². The lowest BCUT2D eigenvalue weighted by atomic mass is 9.92. The van der Waals surface area contributed by atoms with E-state index in [4.69, 9.17) is 14.2 Å². The summed E-state index contributed by atoms with van der Waals surface area (Å²) in [6.07, 6.45) is 41.0. The fourth-order valence-electron chi connectivity index (χ4n) is 8.87. The number of esters is 3. The van der Waals surface area contributed by atoms with Gasteiger partial charge in [0.05, 0.1) is 13.2 Å². The average molecular weight is 834 g/mol. The quantitative estimate of drug-likeness (QED) is 0.0343. The Morgan fingerprint density at radius 3 is 1.20 bits per heavy atom. The van der Waals surface area contributed by atoms with Gasteiger partial charge in [0.15, 0.2) is 0 Å². The van der Waals surface area contributed by atoms with Crippen LogP contribution in [0.4, 0.5) is 0 Å². The largest absolute Gasteiger partial charge is 0.466 e. The molecule has 1 heterocycles. The summed E-state index contributed by atoms with van der Waals surface area (Å²) in [6, 6.07) is 0. The second-order valence-electron chi connectivity index (χ2n) is 18.5. The number of unbranched alkanes of at least 4 members (excludes halogenated alkanes) is 19. The molecule has 7 nitrogen and oxygen atoms in total. The molecule has 0 N–H and O–H groups in total. The predicted octanol–water partition coefficient (Wildman–Crippen LogP) is 15.0. The molecular formula is C52H99NO6. The van der Waals surface area contributed by atoms with Gasteiger partial charge < -0.3 is 19.1 Å². The van der Waals surface area contributed by atoms with E-state index in [1.54, 1.807) is 0 Å². The molecule has 7 heteroatoms. The molecule has 0 aromatic heterocycles. The molecule has 1 aliphatic rings. The third-order valence-corrected chi connectivity index (χ3v) is 12.7. The van der Waals surface area contributed by atoms with E-state index in [0.717, 1.165) is 122 Å². The second-order valence-corrected chi connectivity index (χ2v) is 18.5. The zero-order chi connectivity index (χ0) is 42.9. The van der Waals surface area contributed by atoms with Crippen LogP contribution in [0.3, 0.4) is 0 Å². The summed E-state index contributed by atoms with van der Waals surface area (Å²) >= 11 is 0. The van der Waals surface area contributed by atoms with Crippen LogP contribution in [0.1, 0.15) is 265 Å². The highest BCUT2D eigenvalue weighted by Crippen LogP contribution is 2.24. The zero-order valence-corrected chi connectivity index (χ0v) is 39.8. The summed E-state index contributed by atoms with van der Waals surface area (Å²) in [4.78, 5) is 40.5. The van der Waals surface area contributed by atoms with Gasteiger partial charge in [-0.2, -0.15) is 0 Å². The van der Waals surface area contributed by atoms with Crippen molar-refractivity contribution < 1.29 is 28.6 Å². The molecule has 348 valence electrons. The minimum Gasteiger partial charge on any atom is -0.466 e. The Morgan fingerprint density at radius 2 is 0.797 bits per heavy atom. The van der Waals surface area contributed by atoms with Gasteiger partial charge in [0.25, 0.3) is 0 Å². The van der Waals surface area contributed by atoms with Gasteiger partial charge in [-0.05, 0) is 121 Å². The first-order valence-electron chi connectivity index (χ1n) is 26.1. The average Bonchev–Trinajstić information content (AvgIpc) is 3.75. The number of carbonyl (C=O) groups is 3. The SMILES string of the molecule is CCCCCC(CCCCC)CC(=O)OCCCCCCCCC(CCCCCCCCOC(=O)CC(CCCCC)CCCCC)OC(=O)CCCCN1CCCC1. The Morgan fingerprint density at radius 1 is 0.424 bits per heavy atom. The highest BCUT2D eigenvalue weighted by molar-refractivity contribution is 5.70. The molecular weight excluding hydrogens is 735 g/mol. The molecule has 0 radical (unpaired) electrons. The van der Waals surface area contributed by atoms with E-state index >= 15 is 0 Å². The number of likely N-dealkylation sites (tertiary alicyclic amines) is 1. The fourth-order valence-corrected chi connectivity index (χ4v) is 8.87. The van der Waals surface area contributed by atoms with Crippen LogP contribution in [0.15, 0.2) is 0 Å².